The second-order valence-corrected chi connectivity index (χ2v) is 5.99. The predicted molar refractivity (Wildman–Crippen MR) is 80.9 cm³/mol. The van der Waals surface area contributed by atoms with Crippen LogP contribution in [0.4, 0.5) is 5.69 Å². The molecule has 1 saturated carbocycles. The SMILES string of the molecule is CN1Cc2c(-c3noc(C4CC4)n3)ncn2-c2ccccc21. The van der Waals surface area contributed by atoms with Crippen LogP contribution in [0.15, 0.2) is 35.1 Å². The molecular weight excluding hydrogens is 278 g/mol. The highest BCUT2D eigenvalue weighted by molar-refractivity contribution is 5.68. The molecule has 6 nitrogen and oxygen atoms in total. The van der Waals surface area contributed by atoms with Gasteiger partial charge in [-0.25, -0.2) is 4.98 Å². The molecule has 0 bridgehead atoms. The Morgan fingerprint density at radius 2 is 2.00 bits per heavy atom. The lowest BCUT2D eigenvalue weighted by Gasteiger charge is -2.28. The summed E-state index contributed by atoms with van der Waals surface area (Å²) in [6, 6.07) is 8.32. The number of benzene rings is 1. The molecule has 0 radical (unpaired) electrons. The average molecular weight is 293 g/mol. The molecule has 3 aromatic rings. The van der Waals surface area contributed by atoms with Gasteiger partial charge in [-0.15, -0.1) is 0 Å². The molecule has 2 aliphatic rings. The van der Waals surface area contributed by atoms with Gasteiger partial charge < -0.3 is 9.42 Å². The molecule has 1 aliphatic carbocycles. The van der Waals surface area contributed by atoms with Crippen LogP contribution in [0.5, 0.6) is 0 Å². The third-order valence-corrected chi connectivity index (χ3v) is 4.39. The summed E-state index contributed by atoms with van der Waals surface area (Å²) in [5.74, 6) is 1.81. The van der Waals surface area contributed by atoms with Gasteiger partial charge in [0.15, 0.2) is 0 Å². The zero-order valence-electron chi connectivity index (χ0n) is 12.2. The summed E-state index contributed by atoms with van der Waals surface area (Å²) in [7, 11) is 2.09. The average Bonchev–Trinajstić information content (AvgIpc) is 3.12. The minimum absolute atomic E-state index is 0.461. The summed E-state index contributed by atoms with van der Waals surface area (Å²) in [5, 5.41) is 4.13. The fraction of sp³-hybridized carbons (Fsp3) is 0.312. The largest absolute Gasteiger partial charge is 0.367 e. The van der Waals surface area contributed by atoms with Crippen molar-refractivity contribution < 1.29 is 4.52 Å². The topological polar surface area (TPSA) is 60.0 Å². The van der Waals surface area contributed by atoms with Crippen molar-refractivity contribution in [2.24, 2.45) is 0 Å². The molecule has 5 rings (SSSR count). The standard InChI is InChI=1S/C16H15N5O/c1-20-8-13-14(15-18-16(22-19-15)10-6-7-10)17-9-21(13)12-5-3-2-4-11(12)20/h2-5,9-10H,6-8H2,1H3. The van der Waals surface area contributed by atoms with Crippen molar-refractivity contribution >= 4 is 5.69 Å². The number of hydrogen-bond donors (Lipinski definition) is 0. The van der Waals surface area contributed by atoms with Crippen LogP contribution in [0.3, 0.4) is 0 Å². The lowest BCUT2D eigenvalue weighted by atomic mass is 10.1. The predicted octanol–water partition coefficient (Wildman–Crippen LogP) is 2.75. The number of anilines is 1. The Morgan fingerprint density at radius 3 is 2.82 bits per heavy atom. The third kappa shape index (κ3) is 1.63. The van der Waals surface area contributed by atoms with Gasteiger partial charge in [-0.2, -0.15) is 4.98 Å². The summed E-state index contributed by atoms with van der Waals surface area (Å²) in [4.78, 5) is 11.3. The van der Waals surface area contributed by atoms with Crippen molar-refractivity contribution in [2.75, 3.05) is 11.9 Å². The van der Waals surface area contributed by atoms with Crippen LogP contribution in [0.2, 0.25) is 0 Å². The van der Waals surface area contributed by atoms with Crippen molar-refractivity contribution in [2.45, 2.75) is 25.3 Å². The second-order valence-electron chi connectivity index (χ2n) is 5.99. The molecule has 0 amide bonds. The highest BCUT2D eigenvalue weighted by Gasteiger charge is 2.31. The summed E-state index contributed by atoms with van der Waals surface area (Å²) in [5.41, 5.74) is 4.25. The molecule has 110 valence electrons. The highest BCUT2D eigenvalue weighted by atomic mass is 16.5. The van der Waals surface area contributed by atoms with Gasteiger partial charge in [0, 0.05) is 13.0 Å². The molecule has 0 spiro atoms. The van der Waals surface area contributed by atoms with Crippen LogP contribution in [0.1, 0.15) is 30.3 Å². The Bertz CT molecular complexity index is 861. The summed E-state index contributed by atoms with van der Waals surface area (Å²) in [6.45, 7) is 0.777. The maximum atomic E-state index is 5.38. The monoisotopic (exact) mass is 293 g/mol. The first kappa shape index (κ1) is 12.0. The third-order valence-electron chi connectivity index (χ3n) is 4.39. The normalized spacial score (nSPS) is 16.5. The fourth-order valence-corrected chi connectivity index (χ4v) is 3.05. The minimum atomic E-state index is 0.461. The zero-order valence-corrected chi connectivity index (χ0v) is 12.2. The lowest BCUT2D eigenvalue weighted by molar-refractivity contribution is 0.380. The van der Waals surface area contributed by atoms with Gasteiger partial charge in [-0.1, -0.05) is 17.3 Å². The van der Waals surface area contributed by atoms with E-state index in [4.69, 9.17) is 4.52 Å². The second kappa shape index (κ2) is 4.19. The van der Waals surface area contributed by atoms with Gasteiger partial charge in [0.05, 0.1) is 23.6 Å². The van der Waals surface area contributed by atoms with E-state index in [0.29, 0.717) is 11.7 Å². The van der Waals surface area contributed by atoms with E-state index in [-0.39, 0.29) is 0 Å². The minimum Gasteiger partial charge on any atom is -0.367 e. The van der Waals surface area contributed by atoms with Crippen molar-refractivity contribution in [1.82, 2.24) is 19.7 Å². The molecule has 1 aromatic carbocycles. The number of para-hydroxylation sites is 2. The zero-order chi connectivity index (χ0) is 14.7. The molecule has 0 unspecified atom stereocenters. The van der Waals surface area contributed by atoms with Crippen LogP contribution in [0.25, 0.3) is 17.2 Å². The molecule has 22 heavy (non-hydrogen) atoms. The summed E-state index contributed by atoms with van der Waals surface area (Å²) >= 11 is 0. The number of fused-ring (bicyclic) bond motifs is 3. The van der Waals surface area contributed by atoms with Crippen molar-refractivity contribution in [3.63, 3.8) is 0 Å². The first-order valence-corrected chi connectivity index (χ1v) is 7.52. The van der Waals surface area contributed by atoms with Gasteiger partial charge >= 0.3 is 0 Å². The summed E-state index contributed by atoms with van der Waals surface area (Å²) < 4.78 is 7.50. The van der Waals surface area contributed by atoms with E-state index < -0.39 is 0 Å². The molecule has 3 heterocycles. The van der Waals surface area contributed by atoms with E-state index in [2.05, 4.69) is 49.8 Å². The Balaban J connectivity index is 1.64. The smallest absolute Gasteiger partial charge is 0.230 e. The number of rotatable bonds is 2. The van der Waals surface area contributed by atoms with Crippen LogP contribution in [0, 0.1) is 0 Å². The van der Waals surface area contributed by atoms with Crippen LogP contribution < -0.4 is 4.90 Å². The molecule has 6 heteroatoms. The lowest BCUT2D eigenvalue weighted by Crippen LogP contribution is -2.25. The Hall–Kier alpha value is -2.63. The van der Waals surface area contributed by atoms with Crippen molar-refractivity contribution in [3.05, 3.63) is 42.2 Å². The van der Waals surface area contributed by atoms with Gasteiger partial charge in [0.1, 0.15) is 12.0 Å². The van der Waals surface area contributed by atoms with Crippen LogP contribution >= 0.6 is 0 Å². The molecule has 2 aromatic heterocycles. The first-order chi connectivity index (χ1) is 10.8. The molecule has 1 fully saturated rings. The highest BCUT2D eigenvalue weighted by Crippen LogP contribution is 2.40. The van der Waals surface area contributed by atoms with Crippen LogP contribution in [-0.4, -0.2) is 26.7 Å². The number of imidazole rings is 1. The van der Waals surface area contributed by atoms with E-state index in [1.165, 1.54) is 5.69 Å². The number of hydrogen-bond acceptors (Lipinski definition) is 5. The fourth-order valence-electron chi connectivity index (χ4n) is 3.05. The Labute approximate surface area is 127 Å². The van der Waals surface area contributed by atoms with E-state index in [1.807, 2.05) is 12.4 Å². The van der Waals surface area contributed by atoms with Crippen LogP contribution in [-0.2, 0) is 6.54 Å². The van der Waals surface area contributed by atoms with Gasteiger partial charge in [0.2, 0.25) is 11.7 Å². The van der Waals surface area contributed by atoms with Gasteiger partial charge in [-0.3, -0.25) is 4.57 Å². The molecule has 0 atom stereocenters. The number of nitrogens with zero attached hydrogens (tertiary/aromatic N) is 5. The van der Waals surface area contributed by atoms with E-state index >= 15 is 0 Å². The van der Waals surface area contributed by atoms with Crippen molar-refractivity contribution in [3.8, 4) is 17.2 Å². The van der Waals surface area contributed by atoms with E-state index in [1.54, 1.807) is 0 Å². The van der Waals surface area contributed by atoms with E-state index in [0.717, 1.165) is 42.4 Å². The van der Waals surface area contributed by atoms with Gasteiger partial charge in [0.25, 0.3) is 0 Å². The molecule has 0 saturated heterocycles. The summed E-state index contributed by atoms with van der Waals surface area (Å²) in [6.07, 6.45) is 4.15. The van der Waals surface area contributed by atoms with Gasteiger partial charge in [-0.05, 0) is 25.0 Å². The maximum Gasteiger partial charge on any atom is 0.230 e. The first-order valence-electron chi connectivity index (χ1n) is 7.52. The Morgan fingerprint density at radius 1 is 1.18 bits per heavy atom. The quantitative estimate of drug-likeness (QED) is 0.727. The maximum absolute atomic E-state index is 5.38. The number of aromatic nitrogens is 4. The molecule has 0 N–H and O–H groups in total. The Kier molecular flexibility index (Phi) is 2.28. The van der Waals surface area contributed by atoms with Crippen molar-refractivity contribution in [1.29, 1.82) is 0 Å². The molecule has 1 aliphatic heterocycles. The van der Waals surface area contributed by atoms with E-state index in [9.17, 15) is 0 Å². The molecular formula is C16H15N5O.